The van der Waals surface area contributed by atoms with Gasteiger partial charge < -0.3 is 15.4 Å². The number of amides is 2. The number of carbonyl (C=O) groups is 2. The van der Waals surface area contributed by atoms with Crippen molar-refractivity contribution in [2.45, 2.75) is 36.7 Å². The number of carbonyl (C=O) groups excluding carboxylic acids is 2. The lowest BCUT2D eigenvalue weighted by molar-refractivity contribution is -0.120. The molecule has 2 aromatic rings. The van der Waals surface area contributed by atoms with E-state index < -0.39 is 10.0 Å². The number of hydrogen-bond donors (Lipinski definition) is 2. The van der Waals surface area contributed by atoms with Crippen molar-refractivity contribution in [3.05, 3.63) is 60.2 Å². The Kier molecular flexibility index (Phi) is 7.42. The van der Waals surface area contributed by atoms with Gasteiger partial charge in [0.1, 0.15) is 0 Å². The van der Waals surface area contributed by atoms with E-state index in [-0.39, 0.29) is 41.8 Å². The molecule has 2 fully saturated rings. The van der Waals surface area contributed by atoms with Crippen molar-refractivity contribution in [2.24, 2.45) is 5.92 Å². The van der Waals surface area contributed by atoms with Gasteiger partial charge in [-0.1, -0.05) is 30.3 Å². The lowest BCUT2D eigenvalue weighted by atomic mass is 9.97. The van der Waals surface area contributed by atoms with Gasteiger partial charge >= 0.3 is 0 Å². The second-order valence-corrected chi connectivity index (χ2v) is 10.3. The predicted octanol–water partition coefficient (Wildman–Crippen LogP) is 2.63. The van der Waals surface area contributed by atoms with E-state index in [0.717, 1.165) is 19.4 Å². The maximum Gasteiger partial charge on any atom is 0.253 e. The van der Waals surface area contributed by atoms with Crippen LogP contribution in [0.15, 0.2) is 59.5 Å². The van der Waals surface area contributed by atoms with E-state index in [2.05, 4.69) is 10.6 Å². The summed E-state index contributed by atoms with van der Waals surface area (Å²) >= 11 is 0. The van der Waals surface area contributed by atoms with E-state index >= 15 is 0 Å². The average Bonchev–Trinajstić information content (AvgIpc) is 3.37. The standard InChI is InChI=1S/C24H29N3O5S/c28-23(18-12-14-27(15-13-18)33(30,31)20-8-2-1-3-9-20)26-22-11-5-4-10-21(22)24(29)25-17-19-7-6-16-32-19/h1-5,8-11,18-19H,6-7,12-17H2,(H,25,29)(H,26,28)/t19-/m0/s1. The van der Waals surface area contributed by atoms with Gasteiger partial charge in [0.15, 0.2) is 0 Å². The van der Waals surface area contributed by atoms with Crippen LogP contribution in [0.4, 0.5) is 5.69 Å². The van der Waals surface area contributed by atoms with Gasteiger partial charge in [-0.2, -0.15) is 4.31 Å². The third-order valence-corrected chi connectivity index (χ3v) is 8.06. The summed E-state index contributed by atoms with van der Waals surface area (Å²) in [5, 5.41) is 5.76. The first-order valence-corrected chi connectivity index (χ1v) is 12.7. The molecule has 2 saturated heterocycles. The SMILES string of the molecule is O=C(NC[C@@H]1CCCO1)c1ccccc1NC(=O)C1CCN(S(=O)(=O)c2ccccc2)CC1. The highest BCUT2D eigenvalue weighted by Crippen LogP contribution is 2.25. The van der Waals surface area contributed by atoms with Crippen molar-refractivity contribution in [3.8, 4) is 0 Å². The Hall–Kier alpha value is -2.75. The predicted molar refractivity (Wildman–Crippen MR) is 124 cm³/mol. The molecule has 0 saturated carbocycles. The van der Waals surface area contributed by atoms with Crippen LogP contribution in [0, 0.1) is 5.92 Å². The molecule has 0 aliphatic carbocycles. The van der Waals surface area contributed by atoms with Crippen LogP contribution in [-0.4, -0.2) is 56.9 Å². The molecule has 0 aromatic heterocycles. The monoisotopic (exact) mass is 471 g/mol. The van der Waals surface area contributed by atoms with Crippen molar-refractivity contribution in [1.82, 2.24) is 9.62 Å². The molecular weight excluding hydrogens is 442 g/mol. The van der Waals surface area contributed by atoms with Gasteiger partial charge in [-0.15, -0.1) is 0 Å². The molecule has 2 heterocycles. The Balaban J connectivity index is 1.34. The van der Waals surface area contributed by atoms with Gasteiger partial charge in [0.2, 0.25) is 15.9 Å². The topological polar surface area (TPSA) is 105 Å². The molecule has 8 nitrogen and oxygen atoms in total. The summed E-state index contributed by atoms with van der Waals surface area (Å²) in [7, 11) is -3.56. The van der Waals surface area contributed by atoms with Crippen LogP contribution < -0.4 is 10.6 Å². The lowest BCUT2D eigenvalue weighted by Gasteiger charge is -2.30. The highest BCUT2D eigenvalue weighted by atomic mass is 32.2. The number of ether oxygens (including phenoxy) is 1. The first-order chi connectivity index (χ1) is 15.9. The molecule has 2 aromatic carbocycles. The fraction of sp³-hybridized carbons (Fsp3) is 0.417. The molecule has 2 aliphatic rings. The van der Waals surface area contributed by atoms with E-state index in [0.29, 0.717) is 30.6 Å². The fourth-order valence-electron chi connectivity index (χ4n) is 4.23. The summed E-state index contributed by atoms with van der Waals surface area (Å²) < 4.78 is 32.6. The highest BCUT2D eigenvalue weighted by Gasteiger charge is 2.32. The quantitative estimate of drug-likeness (QED) is 0.646. The molecule has 2 amide bonds. The Morgan fingerprint density at radius 2 is 1.67 bits per heavy atom. The first-order valence-electron chi connectivity index (χ1n) is 11.3. The Morgan fingerprint density at radius 1 is 0.970 bits per heavy atom. The van der Waals surface area contributed by atoms with Gasteiger partial charge in [0.05, 0.1) is 22.3 Å². The minimum absolute atomic E-state index is 0.0352. The number of benzene rings is 2. The van der Waals surface area contributed by atoms with E-state index in [1.165, 1.54) is 4.31 Å². The zero-order chi connectivity index (χ0) is 23.3. The van der Waals surface area contributed by atoms with Gasteiger partial charge in [-0.05, 0) is 49.9 Å². The summed E-state index contributed by atoms with van der Waals surface area (Å²) in [6, 6.07) is 15.2. The van der Waals surface area contributed by atoms with Crippen LogP contribution in [0.3, 0.4) is 0 Å². The van der Waals surface area contributed by atoms with Crippen molar-refractivity contribution in [3.63, 3.8) is 0 Å². The summed E-state index contributed by atoms with van der Waals surface area (Å²) in [4.78, 5) is 25.8. The van der Waals surface area contributed by atoms with Gasteiger partial charge in [0, 0.05) is 32.2 Å². The van der Waals surface area contributed by atoms with E-state index in [9.17, 15) is 18.0 Å². The number of sulfonamides is 1. The molecule has 0 unspecified atom stereocenters. The fourth-order valence-corrected chi connectivity index (χ4v) is 5.72. The molecule has 33 heavy (non-hydrogen) atoms. The minimum Gasteiger partial charge on any atom is -0.376 e. The molecule has 4 rings (SSSR count). The van der Waals surface area contributed by atoms with E-state index in [1.807, 2.05) is 0 Å². The van der Waals surface area contributed by atoms with Crippen molar-refractivity contribution < 1.29 is 22.7 Å². The Bertz CT molecular complexity index is 1080. The Labute approximate surface area is 194 Å². The Morgan fingerprint density at radius 3 is 2.36 bits per heavy atom. The maximum absolute atomic E-state index is 12.9. The van der Waals surface area contributed by atoms with Gasteiger partial charge in [-0.3, -0.25) is 9.59 Å². The smallest absolute Gasteiger partial charge is 0.253 e. The van der Waals surface area contributed by atoms with Gasteiger partial charge in [0.25, 0.3) is 5.91 Å². The number of para-hydroxylation sites is 1. The molecule has 0 spiro atoms. The number of piperidine rings is 1. The number of hydrogen-bond acceptors (Lipinski definition) is 5. The maximum atomic E-state index is 12.9. The summed E-state index contributed by atoms with van der Waals surface area (Å²) in [5.74, 6) is -0.786. The van der Waals surface area contributed by atoms with Crippen molar-refractivity contribution >= 4 is 27.5 Å². The molecule has 0 radical (unpaired) electrons. The lowest BCUT2D eigenvalue weighted by Crippen LogP contribution is -2.41. The normalized spacial score (nSPS) is 19.8. The van der Waals surface area contributed by atoms with Crippen LogP contribution in [0.2, 0.25) is 0 Å². The van der Waals surface area contributed by atoms with Crippen LogP contribution in [-0.2, 0) is 19.6 Å². The highest BCUT2D eigenvalue weighted by molar-refractivity contribution is 7.89. The van der Waals surface area contributed by atoms with Crippen LogP contribution in [0.25, 0.3) is 0 Å². The van der Waals surface area contributed by atoms with Crippen LogP contribution >= 0.6 is 0 Å². The number of anilines is 1. The third-order valence-electron chi connectivity index (χ3n) is 6.15. The molecular formula is C24H29N3O5S. The number of nitrogens with zero attached hydrogens (tertiary/aromatic N) is 1. The van der Waals surface area contributed by atoms with Crippen LogP contribution in [0.1, 0.15) is 36.0 Å². The zero-order valence-electron chi connectivity index (χ0n) is 18.4. The zero-order valence-corrected chi connectivity index (χ0v) is 19.2. The van der Waals surface area contributed by atoms with Crippen molar-refractivity contribution in [1.29, 1.82) is 0 Å². The number of nitrogens with one attached hydrogen (secondary N) is 2. The average molecular weight is 472 g/mol. The second-order valence-electron chi connectivity index (χ2n) is 8.37. The second kappa shape index (κ2) is 10.5. The third kappa shape index (κ3) is 5.61. The molecule has 0 bridgehead atoms. The van der Waals surface area contributed by atoms with Gasteiger partial charge in [-0.25, -0.2) is 8.42 Å². The summed E-state index contributed by atoms with van der Waals surface area (Å²) in [5.41, 5.74) is 0.847. The molecule has 9 heteroatoms. The largest absolute Gasteiger partial charge is 0.376 e. The first kappa shape index (κ1) is 23.4. The minimum atomic E-state index is -3.56. The molecule has 1 atom stereocenters. The van der Waals surface area contributed by atoms with Crippen LogP contribution in [0.5, 0.6) is 0 Å². The molecule has 2 aliphatic heterocycles. The molecule has 2 N–H and O–H groups in total. The molecule has 176 valence electrons. The van der Waals surface area contributed by atoms with E-state index in [4.69, 9.17) is 4.74 Å². The summed E-state index contributed by atoms with van der Waals surface area (Å²) in [6.07, 6.45) is 2.81. The number of rotatable bonds is 7. The van der Waals surface area contributed by atoms with Crippen molar-refractivity contribution in [2.75, 3.05) is 31.6 Å². The van der Waals surface area contributed by atoms with E-state index in [1.54, 1.807) is 54.6 Å². The summed E-state index contributed by atoms with van der Waals surface area (Å²) in [6.45, 7) is 1.71.